The topological polar surface area (TPSA) is 62.4 Å². The average molecular weight is 347 g/mol. The van der Waals surface area contributed by atoms with Gasteiger partial charge in [0, 0.05) is 29.8 Å². The van der Waals surface area contributed by atoms with E-state index in [1.54, 1.807) is 4.90 Å². The van der Waals surface area contributed by atoms with Gasteiger partial charge in [0.15, 0.2) is 0 Å². The summed E-state index contributed by atoms with van der Waals surface area (Å²) in [6.07, 6.45) is 2.34. The summed E-state index contributed by atoms with van der Waals surface area (Å²) in [5, 5.41) is 1.28. The number of carbonyl (C=O) groups excluding carboxylic acids is 2. The number of H-pyrrole nitrogens is 1. The molecule has 0 bridgehead atoms. The van der Waals surface area contributed by atoms with Gasteiger partial charge in [-0.25, -0.2) is 0 Å². The second kappa shape index (κ2) is 6.22. The molecule has 4 rings (SSSR count). The summed E-state index contributed by atoms with van der Waals surface area (Å²) in [5.74, 6) is -0.0207. The van der Waals surface area contributed by atoms with Crippen molar-refractivity contribution >= 4 is 34.2 Å². The molecule has 2 aliphatic rings. The Morgan fingerprint density at radius 3 is 2.92 bits per heavy atom. The standard InChI is InChI=1S/C18H19ClN2O3/c19-16-11-4-1-2-6-13(11)20-17(16)18(23)21-8-9-24-10-14(21)12-5-3-7-15(12)22/h1-2,4,6,12,14,20H,3,5,7-10H2. The highest BCUT2D eigenvalue weighted by Gasteiger charge is 2.40. The number of ketones is 1. The molecule has 1 aliphatic carbocycles. The normalized spacial score (nSPS) is 24.7. The number of morpholine rings is 1. The average Bonchev–Trinajstić information content (AvgIpc) is 3.18. The lowest BCUT2D eigenvalue weighted by Gasteiger charge is -2.38. The predicted molar refractivity (Wildman–Crippen MR) is 91.3 cm³/mol. The fourth-order valence-corrected chi connectivity index (χ4v) is 4.15. The predicted octanol–water partition coefficient (Wildman–Crippen LogP) is 3.03. The number of nitrogens with zero attached hydrogens (tertiary/aromatic N) is 1. The molecule has 0 radical (unpaired) electrons. The monoisotopic (exact) mass is 346 g/mol. The van der Waals surface area contributed by atoms with Crippen LogP contribution in [0, 0.1) is 5.92 Å². The second-order valence-corrected chi connectivity index (χ2v) is 6.84. The Morgan fingerprint density at radius 2 is 2.17 bits per heavy atom. The van der Waals surface area contributed by atoms with Crippen LogP contribution in [0.4, 0.5) is 0 Å². The maximum absolute atomic E-state index is 13.1. The molecular formula is C18H19ClN2O3. The highest BCUT2D eigenvalue weighted by molar-refractivity contribution is 6.38. The van der Waals surface area contributed by atoms with Gasteiger partial charge in [0.25, 0.3) is 5.91 Å². The van der Waals surface area contributed by atoms with Gasteiger partial charge in [0.1, 0.15) is 11.5 Å². The van der Waals surface area contributed by atoms with Crippen molar-refractivity contribution in [3.05, 3.63) is 35.0 Å². The molecule has 126 valence electrons. The van der Waals surface area contributed by atoms with Crippen molar-refractivity contribution in [1.82, 2.24) is 9.88 Å². The molecule has 6 heteroatoms. The Kier molecular flexibility index (Phi) is 4.06. The van der Waals surface area contributed by atoms with Crippen LogP contribution in [0.5, 0.6) is 0 Å². The molecule has 2 heterocycles. The van der Waals surface area contributed by atoms with Gasteiger partial charge >= 0.3 is 0 Å². The van der Waals surface area contributed by atoms with Crippen LogP contribution in [-0.2, 0) is 9.53 Å². The molecule has 1 amide bonds. The number of carbonyl (C=O) groups is 2. The van der Waals surface area contributed by atoms with E-state index in [2.05, 4.69) is 4.98 Å². The van der Waals surface area contributed by atoms with Crippen molar-refractivity contribution in [1.29, 1.82) is 0 Å². The van der Waals surface area contributed by atoms with Crippen LogP contribution in [0.25, 0.3) is 10.9 Å². The van der Waals surface area contributed by atoms with E-state index in [1.165, 1.54) is 0 Å². The van der Waals surface area contributed by atoms with Crippen molar-refractivity contribution in [3.63, 3.8) is 0 Å². The Bertz CT molecular complexity index is 801. The largest absolute Gasteiger partial charge is 0.377 e. The summed E-state index contributed by atoms with van der Waals surface area (Å²) >= 11 is 6.43. The third-order valence-electron chi connectivity index (χ3n) is 5.10. The first kappa shape index (κ1) is 15.7. The number of amides is 1. The highest BCUT2D eigenvalue weighted by atomic mass is 35.5. The molecule has 1 aliphatic heterocycles. The number of nitrogens with one attached hydrogen (secondary N) is 1. The molecule has 5 nitrogen and oxygen atoms in total. The van der Waals surface area contributed by atoms with Gasteiger partial charge in [-0.05, 0) is 18.9 Å². The first-order chi connectivity index (χ1) is 11.7. The van der Waals surface area contributed by atoms with Crippen LogP contribution in [0.3, 0.4) is 0 Å². The molecular weight excluding hydrogens is 328 g/mol. The Hall–Kier alpha value is -1.85. The lowest BCUT2D eigenvalue weighted by molar-refractivity contribution is -0.124. The minimum absolute atomic E-state index is 0.114. The van der Waals surface area contributed by atoms with Crippen molar-refractivity contribution in [3.8, 4) is 0 Å². The molecule has 0 spiro atoms. The van der Waals surface area contributed by atoms with Crippen LogP contribution in [0.2, 0.25) is 5.02 Å². The Morgan fingerprint density at radius 1 is 1.33 bits per heavy atom. The number of halogens is 1. The number of aromatic amines is 1. The van der Waals surface area contributed by atoms with E-state index < -0.39 is 0 Å². The zero-order valence-electron chi connectivity index (χ0n) is 13.3. The van der Waals surface area contributed by atoms with Crippen LogP contribution in [-0.4, -0.2) is 47.4 Å². The van der Waals surface area contributed by atoms with E-state index in [4.69, 9.17) is 16.3 Å². The second-order valence-electron chi connectivity index (χ2n) is 6.47. The van der Waals surface area contributed by atoms with Crippen LogP contribution in [0.15, 0.2) is 24.3 Å². The van der Waals surface area contributed by atoms with Gasteiger partial charge in [0.05, 0.1) is 24.3 Å². The van der Waals surface area contributed by atoms with Gasteiger partial charge in [-0.3, -0.25) is 9.59 Å². The van der Waals surface area contributed by atoms with E-state index in [9.17, 15) is 9.59 Å². The maximum atomic E-state index is 13.1. The molecule has 1 saturated carbocycles. The fraction of sp³-hybridized carbons (Fsp3) is 0.444. The first-order valence-corrected chi connectivity index (χ1v) is 8.72. The van der Waals surface area contributed by atoms with Crippen LogP contribution < -0.4 is 0 Å². The lowest BCUT2D eigenvalue weighted by atomic mass is 9.95. The van der Waals surface area contributed by atoms with E-state index >= 15 is 0 Å². The molecule has 1 saturated heterocycles. The first-order valence-electron chi connectivity index (χ1n) is 8.34. The number of Topliss-reactive ketones (excluding diaryl/α,β-unsaturated/α-hetero) is 1. The number of rotatable bonds is 2. The number of hydrogen-bond donors (Lipinski definition) is 1. The highest BCUT2D eigenvalue weighted by Crippen LogP contribution is 2.32. The minimum atomic E-state index is -0.191. The number of fused-ring (bicyclic) bond motifs is 1. The van der Waals surface area contributed by atoms with Crippen LogP contribution >= 0.6 is 11.6 Å². The maximum Gasteiger partial charge on any atom is 0.272 e. The number of hydrogen-bond acceptors (Lipinski definition) is 3. The summed E-state index contributed by atoms with van der Waals surface area (Å²) in [5.41, 5.74) is 1.24. The molecule has 1 N–H and O–H groups in total. The minimum Gasteiger partial charge on any atom is -0.377 e. The number of ether oxygens (including phenoxy) is 1. The molecule has 2 atom stereocenters. The smallest absolute Gasteiger partial charge is 0.272 e. The zero-order valence-corrected chi connectivity index (χ0v) is 14.0. The van der Waals surface area contributed by atoms with Crippen molar-refractivity contribution in [2.45, 2.75) is 25.3 Å². The summed E-state index contributed by atoms with van der Waals surface area (Å²) in [6.45, 7) is 1.39. The lowest BCUT2D eigenvalue weighted by Crippen LogP contribution is -2.53. The molecule has 1 aromatic heterocycles. The molecule has 1 aromatic carbocycles. The van der Waals surface area contributed by atoms with E-state index in [1.807, 2.05) is 24.3 Å². The molecule has 2 aromatic rings. The summed E-state index contributed by atoms with van der Waals surface area (Å²) < 4.78 is 5.56. The third-order valence-corrected chi connectivity index (χ3v) is 5.49. The Balaban J connectivity index is 1.68. The molecule has 2 fully saturated rings. The quantitative estimate of drug-likeness (QED) is 0.909. The van der Waals surface area contributed by atoms with Gasteiger partial charge in [-0.1, -0.05) is 29.8 Å². The number of para-hydroxylation sites is 1. The van der Waals surface area contributed by atoms with Crippen molar-refractivity contribution in [2.75, 3.05) is 19.8 Å². The fourth-order valence-electron chi connectivity index (χ4n) is 3.86. The van der Waals surface area contributed by atoms with E-state index in [-0.39, 0.29) is 23.7 Å². The van der Waals surface area contributed by atoms with Crippen molar-refractivity contribution in [2.24, 2.45) is 5.92 Å². The van der Waals surface area contributed by atoms with E-state index in [0.29, 0.717) is 36.9 Å². The van der Waals surface area contributed by atoms with Gasteiger partial charge in [-0.2, -0.15) is 0 Å². The van der Waals surface area contributed by atoms with E-state index in [0.717, 1.165) is 23.7 Å². The van der Waals surface area contributed by atoms with Gasteiger partial charge < -0.3 is 14.6 Å². The third kappa shape index (κ3) is 2.52. The van der Waals surface area contributed by atoms with Crippen LogP contribution in [0.1, 0.15) is 29.8 Å². The van der Waals surface area contributed by atoms with Gasteiger partial charge in [-0.15, -0.1) is 0 Å². The molecule has 2 unspecified atom stereocenters. The van der Waals surface area contributed by atoms with Gasteiger partial charge in [0.2, 0.25) is 0 Å². The summed E-state index contributed by atoms with van der Waals surface area (Å²) in [6, 6.07) is 7.39. The van der Waals surface area contributed by atoms with Crippen molar-refractivity contribution < 1.29 is 14.3 Å². The molecule has 24 heavy (non-hydrogen) atoms. The SMILES string of the molecule is O=C1CCCC1C1COCCN1C(=O)c1[nH]c2ccccc2c1Cl. The summed E-state index contributed by atoms with van der Waals surface area (Å²) in [7, 11) is 0. The Labute approximate surface area is 144 Å². The number of benzene rings is 1. The zero-order chi connectivity index (χ0) is 16.7. The number of aromatic nitrogens is 1. The summed E-state index contributed by atoms with van der Waals surface area (Å²) in [4.78, 5) is 30.2.